The summed E-state index contributed by atoms with van der Waals surface area (Å²) >= 11 is 0. The largest absolute Gasteiger partial charge is 0.481 e. The third-order valence-corrected chi connectivity index (χ3v) is 3.70. The summed E-state index contributed by atoms with van der Waals surface area (Å²) in [5.74, 6) is -0.714. The summed E-state index contributed by atoms with van der Waals surface area (Å²) in [6.07, 6.45) is 1.21. The van der Waals surface area contributed by atoms with E-state index in [2.05, 4.69) is 10.2 Å². The maximum absolute atomic E-state index is 11.7. The van der Waals surface area contributed by atoms with Crippen LogP contribution in [0.1, 0.15) is 33.6 Å². The molecule has 0 bridgehead atoms. The number of piperidine rings is 1. The van der Waals surface area contributed by atoms with E-state index in [9.17, 15) is 9.59 Å². The molecule has 1 atom stereocenters. The molecule has 98 valence electrons. The molecule has 0 radical (unpaired) electrons. The number of likely N-dealkylation sites (tertiary alicyclic amines) is 1. The molecule has 0 spiro atoms. The zero-order valence-corrected chi connectivity index (χ0v) is 10.8. The second kappa shape index (κ2) is 5.49. The zero-order chi connectivity index (χ0) is 13.1. The minimum atomic E-state index is -0.734. The van der Waals surface area contributed by atoms with Crippen LogP contribution in [0.2, 0.25) is 0 Å². The van der Waals surface area contributed by atoms with Crippen LogP contribution >= 0.6 is 0 Å². The fourth-order valence-corrected chi connectivity index (χ4v) is 2.11. The SMILES string of the molecule is CCNC(=O)C(C)N1CCC(C)(C(=O)O)CC1. The van der Waals surface area contributed by atoms with E-state index in [0.717, 1.165) is 0 Å². The Morgan fingerprint density at radius 2 is 1.94 bits per heavy atom. The minimum Gasteiger partial charge on any atom is -0.481 e. The van der Waals surface area contributed by atoms with Crippen molar-refractivity contribution in [2.24, 2.45) is 5.41 Å². The summed E-state index contributed by atoms with van der Waals surface area (Å²) in [6.45, 7) is 7.51. The Labute approximate surface area is 102 Å². The first kappa shape index (κ1) is 14.0. The topological polar surface area (TPSA) is 69.6 Å². The molecule has 1 saturated heterocycles. The van der Waals surface area contributed by atoms with Gasteiger partial charge in [-0.05, 0) is 46.7 Å². The van der Waals surface area contributed by atoms with Crippen molar-refractivity contribution in [1.29, 1.82) is 0 Å². The van der Waals surface area contributed by atoms with Crippen LogP contribution in [-0.2, 0) is 9.59 Å². The van der Waals surface area contributed by atoms with Crippen molar-refractivity contribution in [2.45, 2.75) is 39.7 Å². The third kappa shape index (κ3) is 3.19. The van der Waals surface area contributed by atoms with Crippen LogP contribution in [0.15, 0.2) is 0 Å². The van der Waals surface area contributed by atoms with Gasteiger partial charge in [0, 0.05) is 6.54 Å². The van der Waals surface area contributed by atoms with Crippen molar-refractivity contribution in [3.05, 3.63) is 0 Å². The van der Waals surface area contributed by atoms with E-state index in [1.54, 1.807) is 6.92 Å². The number of aliphatic carboxylic acids is 1. The maximum Gasteiger partial charge on any atom is 0.309 e. The second-order valence-electron chi connectivity index (χ2n) is 4.97. The average molecular weight is 242 g/mol. The first-order valence-electron chi connectivity index (χ1n) is 6.16. The van der Waals surface area contributed by atoms with Crippen LogP contribution in [0.25, 0.3) is 0 Å². The van der Waals surface area contributed by atoms with E-state index in [1.807, 2.05) is 13.8 Å². The first-order valence-corrected chi connectivity index (χ1v) is 6.16. The van der Waals surface area contributed by atoms with Crippen LogP contribution in [0.4, 0.5) is 0 Å². The highest BCUT2D eigenvalue weighted by atomic mass is 16.4. The molecule has 1 aliphatic rings. The van der Waals surface area contributed by atoms with E-state index in [1.165, 1.54) is 0 Å². The van der Waals surface area contributed by atoms with E-state index in [0.29, 0.717) is 32.5 Å². The summed E-state index contributed by atoms with van der Waals surface area (Å²) in [4.78, 5) is 24.8. The van der Waals surface area contributed by atoms with Gasteiger partial charge in [-0.3, -0.25) is 14.5 Å². The Hall–Kier alpha value is -1.10. The summed E-state index contributed by atoms with van der Waals surface area (Å²) in [5.41, 5.74) is -0.628. The molecule has 0 aromatic rings. The number of hydrogen-bond donors (Lipinski definition) is 2. The van der Waals surface area contributed by atoms with Gasteiger partial charge >= 0.3 is 5.97 Å². The number of carboxylic acids is 1. The number of hydrogen-bond acceptors (Lipinski definition) is 3. The molecule has 5 heteroatoms. The van der Waals surface area contributed by atoms with Gasteiger partial charge in [0.2, 0.25) is 5.91 Å². The number of carbonyl (C=O) groups excluding carboxylic acids is 1. The summed E-state index contributed by atoms with van der Waals surface area (Å²) in [5, 5.41) is 11.9. The molecule has 1 heterocycles. The molecule has 0 aliphatic carbocycles. The van der Waals surface area contributed by atoms with Crippen LogP contribution in [0.5, 0.6) is 0 Å². The predicted octanol–water partition coefficient (Wildman–Crippen LogP) is 0.698. The number of carbonyl (C=O) groups is 2. The lowest BCUT2D eigenvalue weighted by Gasteiger charge is -2.38. The molecule has 17 heavy (non-hydrogen) atoms. The van der Waals surface area contributed by atoms with Crippen molar-refractivity contribution < 1.29 is 14.7 Å². The van der Waals surface area contributed by atoms with E-state index >= 15 is 0 Å². The van der Waals surface area contributed by atoms with Crippen molar-refractivity contribution in [3.8, 4) is 0 Å². The highest BCUT2D eigenvalue weighted by Gasteiger charge is 2.38. The van der Waals surface area contributed by atoms with Gasteiger partial charge in [0.1, 0.15) is 0 Å². The number of amides is 1. The lowest BCUT2D eigenvalue weighted by molar-refractivity contribution is -0.151. The van der Waals surface area contributed by atoms with Crippen LogP contribution in [0, 0.1) is 5.41 Å². The molecule has 1 amide bonds. The Morgan fingerprint density at radius 1 is 1.41 bits per heavy atom. The van der Waals surface area contributed by atoms with E-state index in [4.69, 9.17) is 5.11 Å². The predicted molar refractivity (Wildman–Crippen MR) is 64.7 cm³/mol. The normalized spacial score (nSPS) is 21.8. The first-order chi connectivity index (χ1) is 7.90. The molecule has 1 unspecified atom stereocenters. The summed E-state index contributed by atoms with van der Waals surface area (Å²) in [6, 6.07) is -0.173. The van der Waals surface area contributed by atoms with E-state index < -0.39 is 11.4 Å². The van der Waals surface area contributed by atoms with Crippen LogP contribution < -0.4 is 5.32 Å². The van der Waals surface area contributed by atoms with Gasteiger partial charge in [-0.25, -0.2) is 0 Å². The molecular weight excluding hydrogens is 220 g/mol. The average Bonchev–Trinajstić information content (AvgIpc) is 2.29. The Bertz CT molecular complexity index is 296. The van der Waals surface area contributed by atoms with E-state index in [-0.39, 0.29) is 11.9 Å². The third-order valence-electron chi connectivity index (χ3n) is 3.70. The van der Waals surface area contributed by atoms with Crippen molar-refractivity contribution in [2.75, 3.05) is 19.6 Å². The molecule has 2 N–H and O–H groups in total. The standard InChI is InChI=1S/C12H22N2O3/c1-4-13-10(15)9(2)14-7-5-12(3,6-8-14)11(16)17/h9H,4-8H2,1-3H3,(H,13,15)(H,16,17). The second-order valence-corrected chi connectivity index (χ2v) is 4.97. The monoisotopic (exact) mass is 242 g/mol. The van der Waals surface area contributed by atoms with Gasteiger partial charge in [0.15, 0.2) is 0 Å². The highest BCUT2D eigenvalue weighted by Crippen LogP contribution is 2.31. The molecule has 0 saturated carbocycles. The van der Waals surface area contributed by atoms with Crippen molar-refractivity contribution in [3.63, 3.8) is 0 Å². The highest BCUT2D eigenvalue weighted by molar-refractivity contribution is 5.81. The molecular formula is C12H22N2O3. The quantitative estimate of drug-likeness (QED) is 0.761. The number of rotatable bonds is 4. The van der Waals surface area contributed by atoms with Gasteiger partial charge in [0.05, 0.1) is 11.5 Å². The van der Waals surface area contributed by atoms with Crippen LogP contribution in [-0.4, -0.2) is 47.6 Å². The lowest BCUT2D eigenvalue weighted by atomic mass is 9.80. The Morgan fingerprint density at radius 3 is 2.35 bits per heavy atom. The van der Waals surface area contributed by atoms with Gasteiger partial charge in [-0.1, -0.05) is 0 Å². The van der Waals surface area contributed by atoms with Gasteiger partial charge in [-0.15, -0.1) is 0 Å². The smallest absolute Gasteiger partial charge is 0.309 e. The number of nitrogens with zero attached hydrogens (tertiary/aromatic N) is 1. The summed E-state index contributed by atoms with van der Waals surface area (Å²) < 4.78 is 0. The zero-order valence-electron chi connectivity index (χ0n) is 10.8. The molecule has 1 aliphatic heterocycles. The van der Waals surface area contributed by atoms with Gasteiger partial charge in [0.25, 0.3) is 0 Å². The van der Waals surface area contributed by atoms with Gasteiger partial charge < -0.3 is 10.4 Å². The molecule has 1 fully saturated rings. The molecule has 0 aromatic heterocycles. The lowest BCUT2D eigenvalue weighted by Crippen LogP contribution is -2.51. The Kier molecular flexibility index (Phi) is 4.51. The van der Waals surface area contributed by atoms with Gasteiger partial charge in [-0.2, -0.15) is 0 Å². The maximum atomic E-state index is 11.7. The summed E-state index contributed by atoms with van der Waals surface area (Å²) in [7, 11) is 0. The molecule has 5 nitrogen and oxygen atoms in total. The van der Waals surface area contributed by atoms with Crippen molar-refractivity contribution in [1.82, 2.24) is 10.2 Å². The minimum absolute atomic E-state index is 0.0198. The number of carboxylic acid groups (broad SMARTS) is 1. The Balaban J connectivity index is 2.52. The fourth-order valence-electron chi connectivity index (χ4n) is 2.11. The molecule has 0 aromatic carbocycles. The number of likely N-dealkylation sites (N-methyl/N-ethyl adjacent to an activating group) is 1. The fraction of sp³-hybridized carbons (Fsp3) is 0.833. The molecule has 1 rings (SSSR count). The van der Waals surface area contributed by atoms with Crippen LogP contribution in [0.3, 0.4) is 0 Å². The number of nitrogens with one attached hydrogen (secondary N) is 1. The van der Waals surface area contributed by atoms with Crippen molar-refractivity contribution >= 4 is 11.9 Å².